The van der Waals surface area contributed by atoms with E-state index >= 15 is 0 Å². The Morgan fingerprint density at radius 2 is 1.86 bits per heavy atom. The Hall–Kier alpha value is -2.94. The number of aromatic amines is 1. The summed E-state index contributed by atoms with van der Waals surface area (Å²) in [4.78, 5) is 35.3. The number of nitrogens with zero attached hydrogens (tertiary/aromatic N) is 4. The predicted octanol–water partition coefficient (Wildman–Crippen LogP) is -0.664. The molecule has 0 atom stereocenters. The summed E-state index contributed by atoms with van der Waals surface area (Å²) in [6.07, 6.45) is 0. The highest BCUT2D eigenvalue weighted by atomic mass is 19.1. The Morgan fingerprint density at radius 3 is 2.50 bits per heavy atom. The minimum Gasteiger partial charge on any atom is -0.332 e. The molecule has 1 aliphatic heterocycles. The second kappa shape index (κ2) is 7.23. The predicted molar refractivity (Wildman–Crippen MR) is 105 cm³/mol. The summed E-state index contributed by atoms with van der Waals surface area (Å²) in [7, 11) is 1.60. The zero-order chi connectivity index (χ0) is 19.8. The second-order valence-corrected chi connectivity index (χ2v) is 7.21. The van der Waals surface area contributed by atoms with Crippen LogP contribution in [0.15, 0.2) is 33.9 Å². The van der Waals surface area contributed by atoms with Gasteiger partial charge in [-0.25, -0.2) is 9.18 Å². The number of anilines is 1. The van der Waals surface area contributed by atoms with Crippen molar-refractivity contribution in [2.75, 3.05) is 37.6 Å². The summed E-state index contributed by atoms with van der Waals surface area (Å²) in [5.41, 5.74) is 0.614. The zero-order valence-electron chi connectivity index (χ0n) is 16.0. The minimum atomic E-state index is -0.490. The maximum atomic E-state index is 13.3. The van der Waals surface area contributed by atoms with Crippen LogP contribution in [0.2, 0.25) is 0 Å². The van der Waals surface area contributed by atoms with E-state index in [0.29, 0.717) is 23.7 Å². The number of imidazole rings is 1. The molecule has 0 spiro atoms. The highest BCUT2D eigenvalue weighted by Crippen LogP contribution is 2.21. The lowest BCUT2D eigenvalue weighted by atomic mass is 10.2. The van der Waals surface area contributed by atoms with E-state index in [9.17, 15) is 14.0 Å². The van der Waals surface area contributed by atoms with Gasteiger partial charge in [-0.2, -0.15) is 4.98 Å². The number of halogens is 1. The number of piperazine rings is 1. The molecule has 3 aromatic rings. The zero-order valence-corrected chi connectivity index (χ0v) is 16.0. The molecule has 0 amide bonds. The molecule has 4 rings (SSSR count). The summed E-state index contributed by atoms with van der Waals surface area (Å²) in [5, 5.41) is 0. The molecule has 0 aliphatic carbocycles. The molecule has 1 fully saturated rings. The molecule has 0 bridgehead atoms. The van der Waals surface area contributed by atoms with E-state index < -0.39 is 11.2 Å². The fourth-order valence-corrected chi connectivity index (χ4v) is 3.76. The number of likely N-dealkylation sites (N-methyl/N-ethyl adjacent to an activating group) is 1. The standard InChI is InChI=1S/C19H23FN6O2/c1-3-24-8-10-25(11-9-24)18-21-16-15(17(27)22-19(28)23(16)2)26(18)12-13-4-6-14(20)7-5-13/h4-7H,3,8-12H2,1-2H3,(H,22,27,28)/p+1. The lowest BCUT2D eigenvalue weighted by Crippen LogP contribution is -3.14. The maximum Gasteiger partial charge on any atom is 0.329 e. The summed E-state index contributed by atoms with van der Waals surface area (Å²) >= 11 is 0. The van der Waals surface area contributed by atoms with Gasteiger partial charge in [0.15, 0.2) is 11.2 Å². The molecular formula is C19H24FN6O2+. The molecule has 1 aromatic carbocycles. The summed E-state index contributed by atoms with van der Waals surface area (Å²) in [6, 6.07) is 6.19. The fraction of sp³-hybridized carbons (Fsp3) is 0.421. The number of fused-ring (bicyclic) bond motifs is 1. The number of hydrogen-bond acceptors (Lipinski definition) is 4. The van der Waals surface area contributed by atoms with Crippen LogP contribution in [0.5, 0.6) is 0 Å². The van der Waals surface area contributed by atoms with Crippen LogP contribution in [-0.4, -0.2) is 51.8 Å². The number of rotatable bonds is 4. The molecule has 8 nitrogen and oxygen atoms in total. The van der Waals surface area contributed by atoms with Crippen molar-refractivity contribution in [1.82, 2.24) is 19.1 Å². The molecule has 0 radical (unpaired) electrons. The molecule has 9 heteroatoms. The number of quaternary nitrogens is 1. The topological polar surface area (TPSA) is 80.4 Å². The fourth-order valence-electron chi connectivity index (χ4n) is 3.76. The monoisotopic (exact) mass is 387 g/mol. The third-order valence-corrected chi connectivity index (χ3v) is 5.49. The van der Waals surface area contributed by atoms with Gasteiger partial charge in [-0.1, -0.05) is 12.1 Å². The number of aromatic nitrogens is 4. The second-order valence-electron chi connectivity index (χ2n) is 7.21. The van der Waals surface area contributed by atoms with E-state index in [1.54, 1.807) is 19.2 Å². The Morgan fingerprint density at radius 1 is 1.18 bits per heavy atom. The molecule has 0 saturated carbocycles. The average molecular weight is 387 g/mol. The number of H-pyrrole nitrogens is 1. The highest BCUT2D eigenvalue weighted by molar-refractivity contribution is 5.74. The molecule has 2 aromatic heterocycles. The normalized spacial score (nSPS) is 15.5. The van der Waals surface area contributed by atoms with E-state index in [1.807, 2.05) is 4.57 Å². The van der Waals surface area contributed by atoms with Crippen LogP contribution < -0.4 is 21.0 Å². The van der Waals surface area contributed by atoms with Crippen molar-refractivity contribution in [3.8, 4) is 0 Å². The third-order valence-electron chi connectivity index (χ3n) is 5.49. The van der Waals surface area contributed by atoms with E-state index in [4.69, 9.17) is 0 Å². The number of aryl methyl sites for hydroxylation is 1. The van der Waals surface area contributed by atoms with Crippen molar-refractivity contribution in [2.45, 2.75) is 13.5 Å². The molecule has 1 aliphatic rings. The molecule has 148 valence electrons. The van der Waals surface area contributed by atoms with Crippen molar-refractivity contribution in [3.63, 3.8) is 0 Å². The van der Waals surface area contributed by atoms with Gasteiger partial charge in [-0.05, 0) is 24.6 Å². The van der Waals surface area contributed by atoms with Crippen molar-refractivity contribution >= 4 is 17.1 Å². The van der Waals surface area contributed by atoms with Crippen molar-refractivity contribution < 1.29 is 9.29 Å². The van der Waals surface area contributed by atoms with Crippen LogP contribution in [0.3, 0.4) is 0 Å². The molecule has 1 saturated heterocycles. The van der Waals surface area contributed by atoms with Crippen LogP contribution in [0.1, 0.15) is 12.5 Å². The average Bonchev–Trinajstić information content (AvgIpc) is 3.08. The number of nitrogens with one attached hydrogen (secondary N) is 2. The number of hydrogen-bond donors (Lipinski definition) is 2. The van der Waals surface area contributed by atoms with Crippen molar-refractivity contribution in [3.05, 3.63) is 56.5 Å². The van der Waals surface area contributed by atoms with Gasteiger partial charge in [0.2, 0.25) is 5.95 Å². The van der Waals surface area contributed by atoms with Crippen LogP contribution in [0.4, 0.5) is 10.3 Å². The van der Waals surface area contributed by atoms with E-state index in [2.05, 4.69) is 21.8 Å². The maximum absolute atomic E-state index is 13.3. The van der Waals surface area contributed by atoms with Crippen molar-refractivity contribution in [2.24, 2.45) is 7.05 Å². The van der Waals surface area contributed by atoms with Crippen LogP contribution in [0.25, 0.3) is 11.2 Å². The van der Waals surface area contributed by atoms with Crippen LogP contribution >= 0.6 is 0 Å². The number of benzene rings is 1. The van der Waals surface area contributed by atoms with E-state index in [1.165, 1.54) is 21.6 Å². The van der Waals surface area contributed by atoms with Crippen molar-refractivity contribution in [1.29, 1.82) is 0 Å². The van der Waals surface area contributed by atoms with Crippen LogP contribution in [-0.2, 0) is 13.6 Å². The first-order valence-corrected chi connectivity index (χ1v) is 9.50. The highest BCUT2D eigenvalue weighted by Gasteiger charge is 2.26. The quantitative estimate of drug-likeness (QED) is 0.623. The Kier molecular flexibility index (Phi) is 4.76. The molecule has 0 unspecified atom stereocenters. The van der Waals surface area contributed by atoms with Gasteiger partial charge in [-0.15, -0.1) is 0 Å². The van der Waals surface area contributed by atoms with Gasteiger partial charge in [-0.3, -0.25) is 18.9 Å². The van der Waals surface area contributed by atoms with Gasteiger partial charge >= 0.3 is 5.69 Å². The summed E-state index contributed by atoms with van der Waals surface area (Å²) in [6.45, 7) is 7.24. The first-order valence-electron chi connectivity index (χ1n) is 9.50. The molecule has 28 heavy (non-hydrogen) atoms. The lowest BCUT2D eigenvalue weighted by molar-refractivity contribution is -0.898. The van der Waals surface area contributed by atoms with Gasteiger partial charge in [0.25, 0.3) is 5.56 Å². The third kappa shape index (κ3) is 3.22. The van der Waals surface area contributed by atoms with Crippen LogP contribution in [0, 0.1) is 5.82 Å². The van der Waals surface area contributed by atoms with E-state index in [-0.39, 0.29) is 5.82 Å². The molecule has 2 N–H and O–H groups in total. The molecule has 3 heterocycles. The lowest BCUT2D eigenvalue weighted by Gasteiger charge is -2.32. The Labute approximate surface area is 160 Å². The van der Waals surface area contributed by atoms with Gasteiger partial charge in [0.1, 0.15) is 5.82 Å². The minimum absolute atomic E-state index is 0.307. The van der Waals surface area contributed by atoms with Gasteiger partial charge < -0.3 is 9.80 Å². The Balaban J connectivity index is 1.84. The van der Waals surface area contributed by atoms with Gasteiger partial charge in [0, 0.05) is 7.05 Å². The summed E-state index contributed by atoms with van der Waals surface area (Å²) in [5.74, 6) is 0.361. The first-order chi connectivity index (χ1) is 13.5. The first kappa shape index (κ1) is 18.4. The smallest absolute Gasteiger partial charge is 0.329 e. The Bertz CT molecular complexity index is 1110. The van der Waals surface area contributed by atoms with Gasteiger partial charge in [0.05, 0.1) is 39.3 Å². The largest absolute Gasteiger partial charge is 0.332 e. The summed E-state index contributed by atoms with van der Waals surface area (Å²) < 4.78 is 16.5. The molecular weight excluding hydrogens is 363 g/mol. The van der Waals surface area contributed by atoms with E-state index in [0.717, 1.165) is 38.3 Å². The SMILES string of the molecule is CC[NH+]1CCN(c2nc3c(c(=O)[nH]c(=O)n3C)n2Cc2ccc(F)cc2)CC1.